The molecule has 0 aromatic heterocycles. The van der Waals surface area contributed by atoms with Crippen LogP contribution in [0.3, 0.4) is 0 Å². The van der Waals surface area contributed by atoms with Crippen LogP contribution in [0.15, 0.2) is 0 Å². The lowest BCUT2D eigenvalue weighted by atomic mass is 10.4. The second-order valence-electron chi connectivity index (χ2n) is 1.48. The molecule has 50 valence electrons. The van der Waals surface area contributed by atoms with Crippen LogP contribution in [0, 0.1) is 0 Å². The zero-order valence-corrected chi connectivity index (χ0v) is 10.3. The van der Waals surface area contributed by atoms with Gasteiger partial charge in [0, 0.05) is 6.61 Å². The van der Waals surface area contributed by atoms with Gasteiger partial charge in [0.15, 0.2) is 0 Å². The molecule has 0 aromatic carbocycles. The largest absolute Gasteiger partial charge is 0.402 e. The quantitative estimate of drug-likeness (QED) is 0.325. The van der Waals surface area contributed by atoms with Crippen molar-refractivity contribution in [2.75, 3.05) is 6.61 Å². The van der Waals surface area contributed by atoms with Gasteiger partial charge in [-0.3, -0.25) is 0 Å². The minimum atomic E-state index is -0.762. The van der Waals surface area contributed by atoms with Gasteiger partial charge in [0.1, 0.15) is 0 Å². The van der Waals surface area contributed by atoms with Gasteiger partial charge >= 0.3 is 4.03 Å². The molecular formula is C4H10I2OSi. The number of hydrogen-bond donors (Lipinski definition) is 0. The predicted molar refractivity (Wildman–Crippen MR) is 56.0 cm³/mol. The van der Waals surface area contributed by atoms with Crippen LogP contribution in [0.2, 0.25) is 0 Å². The Bertz CT molecular complexity index is 51.3. The smallest absolute Gasteiger partial charge is 0.309 e. The maximum atomic E-state index is 5.39. The molecule has 0 spiro atoms. The van der Waals surface area contributed by atoms with E-state index in [1.165, 1.54) is 12.8 Å². The Balaban J connectivity index is 2.72. The standard InChI is InChI=1S/C4H10I2OSi/c1-2-3-4-7-8(5)6/h8H,2-4H2,1H3. The lowest BCUT2D eigenvalue weighted by molar-refractivity contribution is 0.336. The Kier molecular flexibility index (Phi) is 8.13. The van der Waals surface area contributed by atoms with Crippen molar-refractivity contribution in [3.8, 4) is 0 Å². The SMILES string of the molecule is CCCCO[SiH](I)I. The molecule has 0 radical (unpaired) electrons. The maximum absolute atomic E-state index is 5.39. The molecule has 0 aliphatic rings. The molecule has 0 fully saturated rings. The second kappa shape index (κ2) is 6.75. The molecule has 1 nitrogen and oxygen atoms in total. The molecule has 0 saturated heterocycles. The van der Waals surface area contributed by atoms with Crippen molar-refractivity contribution < 1.29 is 4.43 Å². The molecule has 0 N–H and O–H groups in total. The first kappa shape index (κ1) is 9.64. The van der Waals surface area contributed by atoms with E-state index in [9.17, 15) is 0 Å². The van der Waals surface area contributed by atoms with Crippen LogP contribution in [0.25, 0.3) is 0 Å². The van der Waals surface area contributed by atoms with E-state index in [4.69, 9.17) is 4.43 Å². The molecule has 0 saturated carbocycles. The number of unbranched alkanes of at least 4 members (excludes halogenated alkanes) is 1. The van der Waals surface area contributed by atoms with E-state index >= 15 is 0 Å². The average Bonchev–Trinajstić information content (AvgIpc) is 1.66. The first-order valence-electron chi connectivity index (χ1n) is 2.67. The number of halogens is 2. The maximum Gasteiger partial charge on any atom is 0.309 e. The molecule has 0 unspecified atom stereocenters. The lowest BCUT2D eigenvalue weighted by Gasteiger charge is -2.00. The molecule has 0 bridgehead atoms. The second-order valence-corrected chi connectivity index (χ2v) is 16.3. The van der Waals surface area contributed by atoms with E-state index in [-0.39, 0.29) is 0 Å². The molecule has 4 heteroatoms. The molecule has 0 aromatic rings. The minimum absolute atomic E-state index is 0.762. The summed E-state index contributed by atoms with van der Waals surface area (Å²) < 4.78 is 4.63. The van der Waals surface area contributed by atoms with Crippen molar-refractivity contribution in [3.63, 3.8) is 0 Å². The Morgan fingerprint density at radius 1 is 1.50 bits per heavy atom. The third kappa shape index (κ3) is 7.64. The van der Waals surface area contributed by atoms with Crippen molar-refractivity contribution in [2.24, 2.45) is 0 Å². The van der Waals surface area contributed by atoms with Gasteiger partial charge in [0.2, 0.25) is 0 Å². The van der Waals surface area contributed by atoms with E-state index in [0.29, 0.717) is 0 Å². The third-order valence-corrected chi connectivity index (χ3v) is 3.39. The highest BCUT2D eigenvalue weighted by Gasteiger charge is 1.96. The Hall–Kier alpha value is 1.64. The molecule has 0 aliphatic carbocycles. The van der Waals surface area contributed by atoms with Gasteiger partial charge in [0.25, 0.3) is 0 Å². The first-order valence-corrected chi connectivity index (χ1v) is 11.5. The normalized spacial score (nSPS) is 10.5. The summed E-state index contributed by atoms with van der Waals surface area (Å²) in [5.74, 6) is 0. The summed E-state index contributed by atoms with van der Waals surface area (Å²) in [7, 11) is 0. The molecule has 8 heavy (non-hydrogen) atoms. The van der Waals surface area contributed by atoms with Crippen molar-refractivity contribution in [1.29, 1.82) is 0 Å². The average molecular weight is 356 g/mol. The predicted octanol–water partition coefficient (Wildman–Crippen LogP) is 2.39. The summed E-state index contributed by atoms with van der Waals surface area (Å²) in [6.07, 6.45) is 2.46. The van der Waals surface area contributed by atoms with Crippen LogP contribution >= 0.6 is 43.6 Å². The van der Waals surface area contributed by atoms with Crippen LogP contribution in [0.4, 0.5) is 0 Å². The lowest BCUT2D eigenvalue weighted by Crippen LogP contribution is -2.00. The van der Waals surface area contributed by atoms with Crippen LogP contribution < -0.4 is 0 Å². The van der Waals surface area contributed by atoms with Crippen molar-refractivity contribution >= 4 is 47.6 Å². The van der Waals surface area contributed by atoms with Gasteiger partial charge in [-0.1, -0.05) is 56.9 Å². The Morgan fingerprint density at radius 3 is 2.50 bits per heavy atom. The summed E-state index contributed by atoms with van der Waals surface area (Å²) in [6.45, 7) is 3.15. The molecule has 0 aliphatic heterocycles. The molecule has 0 atom stereocenters. The molecule has 0 rings (SSSR count). The topological polar surface area (TPSA) is 9.23 Å². The highest BCUT2D eigenvalue weighted by Crippen LogP contribution is 2.05. The molecule has 0 heterocycles. The van der Waals surface area contributed by atoms with Crippen LogP contribution in [-0.4, -0.2) is 10.6 Å². The first-order chi connectivity index (χ1) is 3.77. The third-order valence-electron chi connectivity index (χ3n) is 0.742. The van der Waals surface area contributed by atoms with Crippen molar-refractivity contribution in [1.82, 2.24) is 0 Å². The van der Waals surface area contributed by atoms with Crippen LogP contribution in [0.5, 0.6) is 0 Å². The zero-order valence-electron chi connectivity index (χ0n) is 4.86. The fourth-order valence-electron chi connectivity index (χ4n) is 0.317. The highest BCUT2D eigenvalue weighted by atomic mass is 127. The zero-order chi connectivity index (χ0) is 6.41. The van der Waals surface area contributed by atoms with Crippen LogP contribution in [0.1, 0.15) is 19.8 Å². The van der Waals surface area contributed by atoms with Gasteiger partial charge in [0.05, 0.1) is 0 Å². The minimum Gasteiger partial charge on any atom is -0.402 e. The summed E-state index contributed by atoms with van der Waals surface area (Å²) >= 11 is 4.77. The van der Waals surface area contributed by atoms with E-state index < -0.39 is 4.03 Å². The van der Waals surface area contributed by atoms with Crippen LogP contribution in [-0.2, 0) is 4.43 Å². The highest BCUT2D eigenvalue weighted by molar-refractivity contribution is 14.3. The van der Waals surface area contributed by atoms with E-state index in [1.54, 1.807) is 0 Å². The monoisotopic (exact) mass is 356 g/mol. The fourth-order valence-corrected chi connectivity index (χ4v) is 2.19. The van der Waals surface area contributed by atoms with E-state index in [1.807, 2.05) is 0 Å². The summed E-state index contributed by atoms with van der Waals surface area (Å²) in [4.78, 5) is 0. The summed E-state index contributed by atoms with van der Waals surface area (Å²) in [6, 6.07) is 0. The van der Waals surface area contributed by atoms with Crippen molar-refractivity contribution in [3.05, 3.63) is 0 Å². The Labute approximate surface area is 77.7 Å². The number of hydrogen-bond acceptors (Lipinski definition) is 1. The summed E-state index contributed by atoms with van der Waals surface area (Å²) in [5, 5.41) is 0. The molecule has 0 amide bonds. The summed E-state index contributed by atoms with van der Waals surface area (Å²) in [5.41, 5.74) is 0. The van der Waals surface area contributed by atoms with Gasteiger partial charge < -0.3 is 4.43 Å². The van der Waals surface area contributed by atoms with Gasteiger partial charge in [-0.05, 0) is 6.42 Å². The fraction of sp³-hybridized carbons (Fsp3) is 1.00. The van der Waals surface area contributed by atoms with Gasteiger partial charge in [-0.25, -0.2) is 0 Å². The number of rotatable bonds is 4. The van der Waals surface area contributed by atoms with E-state index in [0.717, 1.165) is 6.61 Å². The van der Waals surface area contributed by atoms with E-state index in [2.05, 4.69) is 50.5 Å². The van der Waals surface area contributed by atoms with Crippen molar-refractivity contribution in [2.45, 2.75) is 19.8 Å². The Morgan fingerprint density at radius 2 is 2.12 bits per heavy atom. The van der Waals surface area contributed by atoms with Gasteiger partial charge in [-0.2, -0.15) is 0 Å². The van der Waals surface area contributed by atoms with Gasteiger partial charge in [-0.15, -0.1) is 0 Å². The molecular weight excluding hydrogens is 346 g/mol.